The van der Waals surface area contributed by atoms with Crippen LogP contribution in [0.1, 0.15) is 66.0 Å². The minimum absolute atomic E-state index is 0.0718. The molecule has 1 fully saturated rings. The number of amides is 1. The van der Waals surface area contributed by atoms with E-state index in [2.05, 4.69) is 15.0 Å². The number of hydrogen-bond donors (Lipinski definition) is 2. The fourth-order valence-electron chi connectivity index (χ4n) is 4.87. The van der Waals surface area contributed by atoms with Gasteiger partial charge >= 0.3 is 6.18 Å². The van der Waals surface area contributed by atoms with Gasteiger partial charge in [0.05, 0.1) is 17.9 Å². The van der Waals surface area contributed by atoms with Gasteiger partial charge in [0, 0.05) is 17.4 Å². The third-order valence-corrected chi connectivity index (χ3v) is 8.87. The molecule has 2 N–H and O–H groups in total. The largest absolute Gasteiger partial charge is 0.433 e. The number of hydrogen-bond acceptors (Lipinski definition) is 5. The average molecular weight is 610 g/mol. The lowest BCUT2D eigenvalue weighted by Gasteiger charge is -2.23. The van der Waals surface area contributed by atoms with E-state index in [0.717, 1.165) is 56.1 Å². The quantitative estimate of drug-likeness (QED) is 0.261. The topological polar surface area (TPSA) is 88.2 Å². The third-order valence-electron chi connectivity index (χ3n) is 6.90. The molecular weight excluding hydrogens is 578 g/mol. The lowest BCUT2D eigenvalue weighted by Crippen LogP contribution is -2.30. The van der Waals surface area contributed by atoms with Gasteiger partial charge in [-0.1, -0.05) is 55.7 Å². The fourth-order valence-corrected chi connectivity index (χ4v) is 6.76. The van der Waals surface area contributed by atoms with Crippen molar-refractivity contribution in [2.45, 2.75) is 67.9 Å². The smallest absolute Gasteiger partial charge is 0.351 e. The van der Waals surface area contributed by atoms with Crippen molar-refractivity contribution in [3.05, 3.63) is 88.4 Å². The van der Waals surface area contributed by atoms with Gasteiger partial charge in [-0.2, -0.15) is 13.2 Å². The molecule has 3 aromatic rings. The Morgan fingerprint density at radius 1 is 1.07 bits per heavy atom. The number of thioether (sulfide) groups is 1. The van der Waals surface area contributed by atoms with Gasteiger partial charge in [-0.3, -0.25) is 9.52 Å². The second kappa shape index (κ2) is 12.8. The summed E-state index contributed by atoms with van der Waals surface area (Å²) in [6.07, 6.45) is 1.20. The second-order valence-electron chi connectivity index (χ2n) is 10.2. The summed E-state index contributed by atoms with van der Waals surface area (Å²) >= 11 is 1.32. The van der Waals surface area contributed by atoms with E-state index < -0.39 is 39.5 Å². The number of aryl methyl sites for hydroxylation is 1. The number of anilines is 1. The van der Waals surface area contributed by atoms with Crippen LogP contribution < -0.4 is 10.0 Å². The van der Waals surface area contributed by atoms with E-state index >= 15 is 0 Å². The summed E-state index contributed by atoms with van der Waals surface area (Å²) in [6.45, 7) is 1.74. The Bertz CT molecular complexity index is 1510. The summed E-state index contributed by atoms with van der Waals surface area (Å²) in [5.74, 6) is -2.30. The number of carbonyl (C=O) groups excluding carboxylic acids is 1. The molecule has 0 saturated heterocycles. The molecule has 1 heterocycles. The standard InChI is InChI=1S/C29H31F4N3O3S2/c1-18-8-6-7-11-22(18)26(19-12-14-24(23(30)16-19)36-41(2,38)39)27(37)34-17-20-13-15-25(29(31,32)33)35-28(20)40-21-9-4-3-5-10-21/h6-8,11-16,21,26,36H,3-5,9-10,17H2,1-2H3,(H,34,37). The number of benzene rings is 2. The van der Waals surface area contributed by atoms with Crippen molar-refractivity contribution in [1.82, 2.24) is 10.3 Å². The van der Waals surface area contributed by atoms with E-state index in [0.29, 0.717) is 11.1 Å². The van der Waals surface area contributed by atoms with E-state index in [-0.39, 0.29) is 28.1 Å². The third kappa shape index (κ3) is 8.22. The Balaban J connectivity index is 1.63. The van der Waals surface area contributed by atoms with Gasteiger partial charge in [0.1, 0.15) is 16.5 Å². The van der Waals surface area contributed by atoms with Crippen molar-refractivity contribution in [1.29, 1.82) is 0 Å². The molecule has 4 rings (SSSR count). The zero-order valence-electron chi connectivity index (χ0n) is 22.6. The lowest BCUT2D eigenvalue weighted by atomic mass is 9.87. The zero-order valence-corrected chi connectivity index (χ0v) is 24.2. The number of nitrogens with zero attached hydrogens (tertiary/aromatic N) is 1. The Morgan fingerprint density at radius 3 is 2.41 bits per heavy atom. The Labute approximate surface area is 241 Å². The number of carbonyl (C=O) groups is 1. The van der Waals surface area contributed by atoms with E-state index in [4.69, 9.17) is 0 Å². The molecule has 0 spiro atoms. The highest BCUT2D eigenvalue weighted by atomic mass is 32.2. The number of pyridine rings is 1. The molecule has 41 heavy (non-hydrogen) atoms. The lowest BCUT2D eigenvalue weighted by molar-refractivity contribution is -0.141. The number of rotatable bonds is 9. The van der Waals surface area contributed by atoms with Crippen LogP contribution in [0.5, 0.6) is 0 Å². The van der Waals surface area contributed by atoms with Crippen molar-refractivity contribution >= 4 is 33.4 Å². The molecule has 0 bridgehead atoms. The first kappa shape index (κ1) is 30.8. The Morgan fingerprint density at radius 2 is 1.78 bits per heavy atom. The first-order chi connectivity index (χ1) is 19.3. The summed E-state index contributed by atoms with van der Waals surface area (Å²) in [4.78, 5) is 17.6. The van der Waals surface area contributed by atoms with E-state index in [1.165, 1.54) is 30.0 Å². The Hall–Kier alpha value is -3.12. The molecule has 6 nitrogen and oxygen atoms in total. The van der Waals surface area contributed by atoms with Crippen LogP contribution in [0.4, 0.5) is 23.2 Å². The molecule has 220 valence electrons. The van der Waals surface area contributed by atoms with Crippen molar-refractivity contribution in [3.8, 4) is 0 Å². The molecule has 2 aromatic carbocycles. The highest BCUT2D eigenvalue weighted by Gasteiger charge is 2.34. The Kier molecular flexibility index (Phi) is 9.63. The van der Waals surface area contributed by atoms with Crippen molar-refractivity contribution < 1.29 is 30.8 Å². The minimum Gasteiger partial charge on any atom is -0.351 e. The molecule has 1 saturated carbocycles. The number of nitrogens with one attached hydrogen (secondary N) is 2. The number of sulfonamides is 1. The maximum absolute atomic E-state index is 14.9. The first-order valence-electron chi connectivity index (χ1n) is 13.2. The highest BCUT2D eigenvalue weighted by molar-refractivity contribution is 7.99. The summed E-state index contributed by atoms with van der Waals surface area (Å²) in [5, 5.41) is 3.21. The number of halogens is 4. The number of aromatic nitrogens is 1. The van der Waals surface area contributed by atoms with E-state index in [1.54, 1.807) is 18.2 Å². The average Bonchev–Trinajstić information content (AvgIpc) is 2.90. The van der Waals surface area contributed by atoms with Gasteiger partial charge in [-0.15, -0.1) is 11.8 Å². The van der Waals surface area contributed by atoms with Gasteiger partial charge in [0.2, 0.25) is 15.9 Å². The molecule has 0 radical (unpaired) electrons. The zero-order chi connectivity index (χ0) is 29.8. The predicted molar refractivity (Wildman–Crippen MR) is 152 cm³/mol. The highest BCUT2D eigenvalue weighted by Crippen LogP contribution is 2.37. The van der Waals surface area contributed by atoms with Crippen LogP contribution in [-0.2, 0) is 27.5 Å². The molecule has 1 atom stereocenters. The van der Waals surface area contributed by atoms with Crippen LogP contribution in [0.15, 0.2) is 59.6 Å². The van der Waals surface area contributed by atoms with Crippen molar-refractivity contribution in [2.75, 3.05) is 11.0 Å². The molecular formula is C29H31F4N3O3S2. The maximum Gasteiger partial charge on any atom is 0.433 e. The monoisotopic (exact) mass is 609 g/mol. The fraction of sp³-hybridized carbons (Fsp3) is 0.379. The molecule has 0 aliphatic heterocycles. The SMILES string of the molecule is Cc1ccccc1C(C(=O)NCc1ccc(C(F)(F)F)nc1SC1CCCCC1)c1ccc(NS(C)(=O)=O)c(F)c1. The summed E-state index contributed by atoms with van der Waals surface area (Å²) in [6, 6.07) is 13.2. The van der Waals surface area contributed by atoms with Crippen LogP contribution in [-0.4, -0.2) is 30.8 Å². The van der Waals surface area contributed by atoms with Gasteiger partial charge < -0.3 is 5.32 Å². The van der Waals surface area contributed by atoms with E-state index in [1.807, 2.05) is 13.0 Å². The summed E-state index contributed by atoms with van der Waals surface area (Å²) < 4.78 is 80.6. The van der Waals surface area contributed by atoms with Gasteiger partial charge in [-0.05, 0) is 54.7 Å². The van der Waals surface area contributed by atoms with Crippen LogP contribution >= 0.6 is 11.8 Å². The molecule has 1 aromatic heterocycles. The number of alkyl halides is 3. The van der Waals surface area contributed by atoms with Crippen LogP contribution in [0, 0.1) is 12.7 Å². The maximum atomic E-state index is 14.9. The second-order valence-corrected chi connectivity index (χ2v) is 13.2. The summed E-state index contributed by atoms with van der Waals surface area (Å²) in [7, 11) is -3.72. The van der Waals surface area contributed by atoms with Crippen LogP contribution in [0.2, 0.25) is 0 Å². The van der Waals surface area contributed by atoms with Gasteiger partial charge in [0.15, 0.2) is 0 Å². The minimum atomic E-state index is -4.60. The first-order valence-corrected chi connectivity index (χ1v) is 15.9. The van der Waals surface area contributed by atoms with Gasteiger partial charge in [-0.25, -0.2) is 17.8 Å². The molecule has 12 heteroatoms. The molecule has 1 aliphatic carbocycles. The molecule has 1 amide bonds. The predicted octanol–water partition coefficient (Wildman–Crippen LogP) is 6.79. The van der Waals surface area contributed by atoms with Crippen LogP contribution in [0.3, 0.4) is 0 Å². The van der Waals surface area contributed by atoms with Crippen molar-refractivity contribution in [3.63, 3.8) is 0 Å². The normalized spacial score (nSPS) is 15.4. The molecule has 1 aliphatic rings. The summed E-state index contributed by atoms with van der Waals surface area (Å²) in [5.41, 5.74) is 0.897. The van der Waals surface area contributed by atoms with Gasteiger partial charge in [0.25, 0.3) is 0 Å². The molecule has 1 unspecified atom stereocenters. The van der Waals surface area contributed by atoms with Crippen LogP contribution in [0.25, 0.3) is 0 Å². The van der Waals surface area contributed by atoms with E-state index in [9.17, 15) is 30.8 Å². The van der Waals surface area contributed by atoms with Crippen molar-refractivity contribution in [2.24, 2.45) is 0 Å².